The maximum Gasteiger partial charge on any atom is 0.308 e. The fraction of sp³-hybridized carbons (Fsp3) is 0.630. The molecule has 15 nitrogen and oxygen atoms in total. The minimum absolute atomic E-state index is 0.0501. The minimum atomic E-state index is -1.24. The van der Waals surface area contributed by atoms with Crippen LogP contribution in [0.25, 0.3) is 16.6 Å². The SMILES string of the molecule is CC[C@H]1OC(=O)C[C@@H](O)[C@H](C)[C@@H](O[C@@H]2O[C@H](C)[C@@H](O)C(N(C)C)C2O)[C@@H](CCN(C)Cc2cn(-c3cnc4ccccc4c3)nn2)C[C@@H](C)C(=O)/C=C/C(C)=C/[C@@H]1CN(C)C. The van der Waals surface area contributed by atoms with E-state index in [0.717, 1.165) is 27.9 Å². The number of allylic oxidation sites excluding steroid dienone is 3. The van der Waals surface area contributed by atoms with Crippen molar-refractivity contribution in [3.63, 3.8) is 0 Å². The largest absolute Gasteiger partial charge is 0.462 e. The summed E-state index contributed by atoms with van der Waals surface area (Å²) < 4.78 is 20.7. The number of ether oxygens (including phenoxy) is 3. The summed E-state index contributed by atoms with van der Waals surface area (Å²) in [5.41, 5.74) is 3.32. The van der Waals surface area contributed by atoms with Gasteiger partial charge in [0, 0.05) is 36.2 Å². The normalized spacial score (nSPS) is 32.6. The molecule has 1 fully saturated rings. The zero-order valence-electron chi connectivity index (χ0n) is 37.7. The first-order valence-corrected chi connectivity index (χ1v) is 21.7. The van der Waals surface area contributed by atoms with E-state index in [9.17, 15) is 24.9 Å². The molecule has 1 saturated heterocycles. The highest BCUT2D eigenvalue weighted by Crippen LogP contribution is 2.35. The van der Waals surface area contributed by atoms with Crippen molar-refractivity contribution >= 4 is 22.7 Å². The molecule has 3 N–H and O–H groups in total. The smallest absolute Gasteiger partial charge is 0.308 e. The summed E-state index contributed by atoms with van der Waals surface area (Å²) in [4.78, 5) is 38.0. The van der Waals surface area contributed by atoms with Gasteiger partial charge in [0.05, 0.1) is 66.2 Å². The van der Waals surface area contributed by atoms with Crippen molar-refractivity contribution in [2.75, 3.05) is 48.3 Å². The molecule has 2 aliphatic heterocycles. The number of aliphatic hydroxyl groups excluding tert-OH is 3. The Bertz CT molecular complexity index is 1950. The van der Waals surface area contributed by atoms with Gasteiger partial charge in [0.1, 0.15) is 12.2 Å². The molecule has 0 amide bonds. The van der Waals surface area contributed by atoms with E-state index in [0.29, 0.717) is 38.9 Å². The number of nitrogens with zero attached hydrogens (tertiary/aromatic N) is 7. The predicted molar refractivity (Wildman–Crippen MR) is 233 cm³/mol. The van der Waals surface area contributed by atoms with Crippen molar-refractivity contribution in [1.29, 1.82) is 0 Å². The number of carbonyl (C=O) groups is 2. The lowest BCUT2D eigenvalue weighted by molar-refractivity contribution is -0.304. The molecule has 15 heteroatoms. The molecule has 0 bridgehead atoms. The van der Waals surface area contributed by atoms with Crippen LogP contribution in [0.5, 0.6) is 0 Å². The molecule has 2 aromatic heterocycles. The summed E-state index contributed by atoms with van der Waals surface area (Å²) in [6.07, 6.45) is 3.84. The zero-order valence-corrected chi connectivity index (χ0v) is 37.7. The molecule has 0 spiro atoms. The maximum absolute atomic E-state index is 13.9. The van der Waals surface area contributed by atoms with Gasteiger partial charge in [-0.2, -0.15) is 0 Å². The second-order valence-electron chi connectivity index (χ2n) is 17.8. The van der Waals surface area contributed by atoms with Crippen LogP contribution < -0.4 is 0 Å². The molecular formula is C46H69N7O8. The third-order valence-corrected chi connectivity index (χ3v) is 12.2. The van der Waals surface area contributed by atoms with E-state index in [-0.39, 0.29) is 24.0 Å². The van der Waals surface area contributed by atoms with E-state index in [2.05, 4.69) is 26.3 Å². The van der Waals surface area contributed by atoms with Gasteiger partial charge in [-0.3, -0.25) is 14.6 Å². The first-order chi connectivity index (χ1) is 28.9. The Balaban J connectivity index is 1.45. The van der Waals surface area contributed by atoms with Crippen LogP contribution in [0.2, 0.25) is 0 Å². The molecule has 4 heterocycles. The van der Waals surface area contributed by atoms with Crippen LogP contribution in [-0.2, 0) is 30.3 Å². The average molecular weight is 848 g/mol. The Hall–Kier alpha value is -3.93. The average Bonchev–Trinajstić information content (AvgIpc) is 3.68. The molecular weight excluding hydrogens is 779 g/mol. The van der Waals surface area contributed by atoms with Crippen molar-refractivity contribution < 1.29 is 39.1 Å². The number of fused-ring (bicyclic) bond motifs is 1. The fourth-order valence-electron chi connectivity index (χ4n) is 8.70. The van der Waals surface area contributed by atoms with Gasteiger partial charge in [0.25, 0.3) is 0 Å². The molecule has 1 aromatic carbocycles. The number of hydrogen-bond acceptors (Lipinski definition) is 14. The molecule has 0 saturated carbocycles. The fourth-order valence-corrected chi connectivity index (χ4v) is 8.70. The van der Waals surface area contributed by atoms with Crippen LogP contribution in [0.4, 0.5) is 0 Å². The Morgan fingerprint density at radius 1 is 1.00 bits per heavy atom. The maximum atomic E-state index is 13.9. The minimum Gasteiger partial charge on any atom is -0.462 e. The number of aromatic nitrogens is 4. The molecule has 0 aliphatic carbocycles. The standard InChI is InChI=1S/C46H69N7O8/c1-11-40-34(25-50(6)7)20-28(2)16-17-38(54)29(3)21-33(18-19-52(10)26-35-27-53(49-48-35)36-22-32-14-12-13-15-37(32)47-24-36)45(30(4)39(55)23-41(56)60-40)61-46-44(58)42(51(8)9)43(57)31(5)59-46/h12-17,20,22,24,27,29-31,33-34,39-40,42-46,55,57-58H,11,18-19,21,23,25-26H2,1-10H3/b17-16+,28-20+/t29-,30+,31-,33+,34-,39-,40-,42?,43-,44?,45-,46+/m1/s1. The van der Waals surface area contributed by atoms with Crippen LogP contribution in [0.3, 0.4) is 0 Å². The number of likely N-dealkylation sites (N-methyl/N-ethyl adjacent to an activating group) is 1. The summed E-state index contributed by atoms with van der Waals surface area (Å²) in [5.74, 6) is -2.17. The van der Waals surface area contributed by atoms with Gasteiger partial charge in [-0.15, -0.1) is 5.10 Å². The van der Waals surface area contributed by atoms with E-state index in [1.807, 2.05) is 96.3 Å². The summed E-state index contributed by atoms with van der Waals surface area (Å²) in [7, 11) is 9.45. The van der Waals surface area contributed by atoms with Gasteiger partial charge in [0.15, 0.2) is 12.1 Å². The number of hydrogen-bond donors (Lipinski definition) is 3. The number of esters is 1. The van der Waals surface area contributed by atoms with E-state index >= 15 is 0 Å². The molecule has 12 atom stereocenters. The van der Waals surface area contributed by atoms with Crippen LogP contribution in [0.15, 0.2) is 66.5 Å². The Labute approximate surface area is 361 Å². The molecule has 0 radical (unpaired) electrons. The third kappa shape index (κ3) is 12.8. The number of pyridine rings is 1. The lowest BCUT2D eigenvalue weighted by Crippen LogP contribution is -2.63. The van der Waals surface area contributed by atoms with Crippen LogP contribution in [0.1, 0.15) is 66.0 Å². The zero-order chi connectivity index (χ0) is 44.5. The number of para-hydroxylation sites is 1. The number of aliphatic hydroxyl groups is 3. The number of cyclic esters (lactones) is 1. The van der Waals surface area contributed by atoms with Crippen LogP contribution in [-0.4, -0.2) is 159 Å². The van der Waals surface area contributed by atoms with Crippen molar-refractivity contribution in [1.82, 2.24) is 34.7 Å². The van der Waals surface area contributed by atoms with Gasteiger partial charge in [-0.25, -0.2) is 4.68 Å². The predicted octanol–water partition coefficient (Wildman–Crippen LogP) is 4.03. The molecule has 2 aliphatic rings. The van der Waals surface area contributed by atoms with Gasteiger partial charge in [-0.05, 0) is 99.0 Å². The second kappa shape index (κ2) is 21.9. The van der Waals surface area contributed by atoms with Gasteiger partial charge < -0.3 is 44.2 Å². The number of ketones is 1. The highest BCUT2D eigenvalue weighted by Gasteiger charge is 2.47. The quantitative estimate of drug-likeness (QED) is 0.223. The summed E-state index contributed by atoms with van der Waals surface area (Å²) in [5, 5.41) is 44.3. The van der Waals surface area contributed by atoms with Gasteiger partial charge in [0.2, 0.25) is 0 Å². The summed E-state index contributed by atoms with van der Waals surface area (Å²) >= 11 is 0. The summed E-state index contributed by atoms with van der Waals surface area (Å²) in [6, 6.07) is 9.22. The highest BCUT2D eigenvalue weighted by molar-refractivity contribution is 5.91. The van der Waals surface area contributed by atoms with Crippen LogP contribution in [0, 0.1) is 23.7 Å². The number of carbonyl (C=O) groups excluding carboxylic acids is 2. The lowest BCUT2D eigenvalue weighted by Gasteiger charge is -2.46. The summed E-state index contributed by atoms with van der Waals surface area (Å²) in [6.45, 7) is 11.0. The second-order valence-corrected chi connectivity index (χ2v) is 17.8. The Morgan fingerprint density at radius 2 is 1.74 bits per heavy atom. The Kier molecular flexibility index (Phi) is 17.3. The molecule has 336 valence electrons. The van der Waals surface area contributed by atoms with E-state index in [1.165, 1.54) is 0 Å². The van der Waals surface area contributed by atoms with Gasteiger partial charge in [-0.1, -0.05) is 61.9 Å². The number of rotatable bonds is 12. The van der Waals surface area contributed by atoms with Crippen molar-refractivity contribution in [3.8, 4) is 5.69 Å². The van der Waals surface area contributed by atoms with Crippen LogP contribution >= 0.6 is 0 Å². The Morgan fingerprint density at radius 3 is 2.44 bits per heavy atom. The number of benzene rings is 1. The highest BCUT2D eigenvalue weighted by atomic mass is 16.7. The van der Waals surface area contributed by atoms with E-state index in [1.54, 1.807) is 42.9 Å². The monoisotopic (exact) mass is 848 g/mol. The topological polar surface area (TPSA) is 176 Å². The van der Waals surface area contributed by atoms with E-state index < -0.39 is 66.8 Å². The molecule has 5 rings (SSSR count). The van der Waals surface area contributed by atoms with E-state index in [4.69, 9.17) is 14.2 Å². The first kappa shape index (κ1) is 48.1. The molecule has 61 heavy (non-hydrogen) atoms. The van der Waals surface area contributed by atoms with Crippen molar-refractivity contribution in [2.45, 2.75) is 116 Å². The lowest BCUT2D eigenvalue weighted by atomic mass is 9.79. The molecule has 2 unspecified atom stereocenters. The van der Waals surface area contributed by atoms with Gasteiger partial charge >= 0.3 is 5.97 Å². The van der Waals surface area contributed by atoms with Crippen molar-refractivity contribution in [3.05, 3.63) is 72.2 Å². The third-order valence-electron chi connectivity index (χ3n) is 12.2. The van der Waals surface area contributed by atoms with Crippen molar-refractivity contribution in [2.24, 2.45) is 23.7 Å². The first-order valence-electron chi connectivity index (χ1n) is 21.7. The molecule has 3 aromatic rings.